The molecular weight excluding hydrogens is 556 g/mol. The number of likely N-dealkylation sites (N-methyl/N-ethyl adjacent to an activating group) is 1. The van der Waals surface area contributed by atoms with Crippen molar-refractivity contribution in [3.8, 4) is 16.9 Å². The lowest BCUT2D eigenvalue weighted by atomic mass is 9.58. The molecule has 0 fully saturated rings. The van der Waals surface area contributed by atoms with Crippen LogP contribution in [0.15, 0.2) is 53.0 Å². The van der Waals surface area contributed by atoms with Crippen LogP contribution < -0.4 is 16.0 Å². The minimum Gasteiger partial charge on any atom is -0.510 e. The number of benzene rings is 2. The summed E-state index contributed by atoms with van der Waals surface area (Å²) < 4.78 is 0. The number of phenolic OH excluding ortho intramolecular Hbond substituents is 1. The van der Waals surface area contributed by atoms with E-state index in [9.17, 15) is 39.6 Å². The second-order valence-corrected chi connectivity index (χ2v) is 11.8. The highest BCUT2D eigenvalue weighted by Gasteiger charge is 2.63. The molecule has 226 valence electrons. The number of anilines is 2. The Bertz CT molecular complexity index is 1670. The van der Waals surface area contributed by atoms with Gasteiger partial charge in [0.05, 0.1) is 11.6 Å². The Morgan fingerprint density at radius 1 is 1.07 bits per heavy atom. The predicted octanol–water partition coefficient (Wildman–Crippen LogP) is 1.81. The number of Topliss-reactive ketones (excluding diaryl/α,β-unsaturated/α-hetero) is 2. The van der Waals surface area contributed by atoms with Gasteiger partial charge in [-0.25, -0.2) is 0 Å². The van der Waals surface area contributed by atoms with Crippen LogP contribution in [-0.4, -0.2) is 88.5 Å². The Labute approximate surface area is 247 Å². The van der Waals surface area contributed by atoms with E-state index in [4.69, 9.17) is 5.73 Å². The number of phenols is 1. The van der Waals surface area contributed by atoms with Crippen LogP contribution in [0.5, 0.6) is 5.75 Å². The molecule has 0 bridgehead atoms. The van der Waals surface area contributed by atoms with E-state index in [2.05, 4.69) is 5.32 Å². The first-order chi connectivity index (χ1) is 20.1. The summed E-state index contributed by atoms with van der Waals surface area (Å²) in [4.78, 5) is 54.9. The summed E-state index contributed by atoms with van der Waals surface area (Å²) >= 11 is 0. The zero-order chi connectivity index (χ0) is 31.7. The van der Waals surface area contributed by atoms with E-state index < -0.39 is 58.0 Å². The number of rotatable bonds is 5. The van der Waals surface area contributed by atoms with Crippen LogP contribution >= 0.6 is 0 Å². The number of nitrogens with zero attached hydrogens (tertiary/aromatic N) is 2. The average Bonchev–Trinajstić information content (AvgIpc) is 2.90. The number of fused-ring (bicyclic) bond motifs is 3. The summed E-state index contributed by atoms with van der Waals surface area (Å²) in [6.45, 7) is 1.37. The molecule has 0 unspecified atom stereocenters. The Morgan fingerprint density at radius 2 is 1.74 bits per heavy atom. The fraction of sp³-hybridized carbons (Fsp3) is 0.355. The van der Waals surface area contributed by atoms with Crippen molar-refractivity contribution in [3.63, 3.8) is 0 Å². The maximum Gasteiger partial charge on any atom is 0.255 e. The Hall–Kier alpha value is -4.68. The molecule has 12 heteroatoms. The summed E-state index contributed by atoms with van der Waals surface area (Å²) in [5, 5.41) is 48.6. The lowest BCUT2D eigenvalue weighted by molar-refractivity contribution is -0.148. The molecule has 3 aliphatic rings. The van der Waals surface area contributed by atoms with Crippen molar-refractivity contribution < 1.29 is 39.6 Å². The van der Waals surface area contributed by atoms with Crippen LogP contribution in [0.25, 0.3) is 11.1 Å². The van der Waals surface area contributed by atoms with Gasteiger partial charge in [0.2, 0.25) is 11.7 Å². The Balaban J connectivity index is 1.73. The first-order valence-electron chi connectivity index (χ1n) is 13.7. The van der Waals surface area contributed by atoms with E-state index in [0.29, 0.717) is 28.1 Å². The highest BCUT2D eigenvalue weighted by atomic mass is 16.3. The number of nitrogens with two attached hydrogens (primary N) is 1. The molecule has 5 rings (SSSR count). The van der Waals surface area contributed by atoms with Gasteiger partial charge in [-0.05, 0) is 62.2 Å². The van der Waals surface area contributed by atoms with Gasteiger partial charge in [-0.1, -0.05) is 12.1 Å². The number of allylic oxidation sites excluding steroid dienone is 1. The van der Waals surface area contributed by atoms with Crippen LogP contribution in [0.4, 0.5) is 11.4 Å². The third kappa shape index (κ3) is 4.36. The van der Waals surface area contributed by atoms with E-state index in [-0.39, 0.29) is 35.6 Å². The van der Waals surface area contributed by atoms with Gasteiger partial charge in [-0.15, -0.1) is 0 Å². The molecule has 3 aliphatic carbocycles. The standard InChI is InChI=1S/C31H34N4O8/c1-13(36)33-16-8-6-7-14(9-16)17-12-20(34(2)3)18-10-15-11-19-24(35(4)5)27(39)23(30(32)42)29(41)31(19,43)28(40)21(15)26(38)22(18)25(17)37/h6-9,12,15,19,24,37,39-40,43H,10-11H2,1-5H3,(H2,32,42)(H,33,36)/t15-,19-,24+,31-/m0/s1. The molecule has 7 N–H and O–H groups in total. The number of carbonyl (C=O) groups excluding carboxylic acids is 4. The molecule has 4 atom stereocenters. The second kappa shape index (κ2) is 10.2. The third-order valence-electron chi connectivity index (χ3n) is 8.67. The maximum absolute atomic E-state index is 14.2. The van der Waals surface area contributed by atoms with Crippen molar-refractivity contribution >= 4 is 34.8 Å². The number of hydrogen-bond donors (Lipinski definition) is 6. The molecule has 2 amide bonds. The quantitative estimate of drug-likeness (QED) is 0.280. The largest absolute Gasteiger partial charge is 0.510 e. The molecule has 0 aliphatic heterocycles. The number of primary amides is 1. The van der Waals surface area contributed by atoms with Crippen molar-refractivity contribution in [3.05, 3.63) is 64.1 Å². The zero-order valence-electron chi connectivity index (χ0n) is 24.4. The van der Waals surface area contributed by atoms with Gasteiger partial charge in [-0.2, -0.15) is 0 Å². The summed E-state index contributed by atoms with van der Waals surface area (Å²) in [6.07, 6.45) is 0.168. The summed E-state index contributed by atoms with van der Waals surface area (Å²) in [5.74, 6) is -7.31. The molecule has 2 aromatic rings. The molecule has 0 heterocycles. The number of hydrogen-bond acceptors (Lipinski definition) is 10. The first kappa shape index (κ1) is 29.8. The van der Waals surface area contributed by atoms with Crippen molar-refractivity contribution in [1.29, 1.82) is 0 Å². The summed E-state index contributed by atoms with van der Waals surface area (Å²) in [6, 6.07) is 7.40. The van der Waals surface area contributed by atoms with Gasteiger partial charge >= 0.3 is 0 Å². The lowest BCUT2D eigenvalue weighted by Gasteiger charge is -2.50. The number of carbonyl (C=O) groups is 4. The van der Waals surface area contributed by atoms with Crippen LogP contribution in [0.3, 0.4) is 0 Å². The minimum absolute atomic E-state index is 0.0000944. The molecular formula is C31H34N4O8. The third-order valence-corrected chi connectivity index (χ3v) is 8.67. The van der Waals surface area contributed by atoms with E-state index in [0.717, 1.165) is 0 Å². The van der Waals surface area contributed by atoms with Gasteiger partial charge in [0.1, 0.15) is 22.8 Å². The van der Waals surface area contributed by atoms with Crippen LogP contribution in [0.1, 0.15) is 29.3 Å². The van der Waals surface area contributed by atoms with Crippen molar-refractivity contribution in [2.45, 2.75) is 31.4 Å². The van der Waals surface area contributed by atoms with Gasteiger partial charge in [0, 0.05) is 49.4 Å². The van der Waals surface area contributed by atoms with E-state index in [1.807, 2.05) is 0 Å². The van der Waals surface area contributed by atoms with Crippen LogP contribution in [0.2, 0.25) is 0 Å². The molecule has 43 heavy (non-hydrogen) atoms. The van der Waals surface area contributed by atoms with Crippen LogP contribution in [0, 0.1) is 11.8 Å². The molecule has 0 saturated carbocycles. The number of aliphatic hydroxyl groups excluding tert-OH is 2. The molecule has 0 spiro atoms. The minimum atomic E-state index is -2.71. The smallest absolute Gasteiger partial charge is 0.255 e. The molecule has 0 saturated heterocycles. The maximum atomic E-state index is 14.2. The van der Waals surface area contributed by atoms with Gasteiger partial charge in [0.15, 0.2) is 11.4 Å². The van der Waals surface area contributed by atoms with Gasteiger partial charge in [0.25, 0.3) is 5.91 Å². The number of ketones is 2. The SMILES string of the molecule is CC(=O)Nc1cccc(-c2cc(N(C)C)c3c(c2O)C(=O)C2=C(O)[C@]4(O)C(=O)C(C(N)=O)=C(O)[C@H](N(C)C)[C@@H]4C[C@@H]2C3)c1. The topological polar surface area (TPSA) is 194 Å². The van der Waals surface area contributed by atoms with Crippen molar-refractivity contribution in [2.24, 2.45) is 17.6 Å². The molecule has 0 radical (unpaired) electrons. The Morgan fingerprint density at radius 3 is 2.33 bits per heavy atom. The number of aromatic hydroxyl groups is 1. The number of amides is 2. The molecule has 2 aromatic carbocycles. The van der Waals surface area contributed by atoms with Gasteiger partial charge < -0.3 is 36.4 Å². The van der Waals surface area contributed by atoms with E-state index in [1.54, 1.807) is 63.4 Å². The number of aliphatic hydroxyl groups is 3. The lowest BCUT2D eigenvalue weighted by Crippen LogP contribution is -2.63. The fourth-order valence-electron chi connectivity index (χ4n) is 6.89. The summed E-state index contributed by atoms with van der Waals surface area (Å²) in [5.41, 5.74) is 3.93. The monoisotopic (exact) mass is 590 g/mol. The molecule has 0 aromatic heterocycles. The second-order valence-electron chi connectivity index (χ2n) is 11.8. The highest BCUT2D eigenvalue weighted by molar-refractivity contribution is 6.25. The van der Waals surface area contributed by atoms with E-state index >= 15 is 0 Å². The summed E-state index contributed by atoms with van der Waals surface area (Å²) in [7, 11) is 6.73. The first-order valence-corrected chi connectivity index (χ1v) is 13.7. The van der Waals surface area contributed by atoms with Crippen molar-refractivity contribution in [2.75, 3.05) is 38.4 Å². The Kier molecular flexibility index (Phi) is 7.10. The average molecular weight is 591 g/mol. The highest BCUT2D eigenvalue weighted by Crippen LogP contribution is 2.54. The van der Waals surface area contributed by atoms with Crippen LogP contribution in [-0.2, 0) is 20.8 Å². The van der Waals surface area contributed by atoms with Gasteiger partial charge in [-0.3, -0.25) is 24.1 Å². The molecule has 12 nitrogen and oxygen atoms in total. The zero-order valence-corrected chi connectivity index (χ0v) is 24.4. The predicted molar refractivity (Wildman–Crippen MR) is 158 cm³/mol. The normalized spacial score (nSPS) is 24.9. The fourth-order valence-corrected chi connectivity index (χ4v) is 6.89. The van der Waals surface area contributed by atoms with Crippen molar-refractivity contribution in [1.82, 2.24) is 4.90 Å². The van der Waals surface area contributed by atoms with E-state index in [1.165, 1.54) is 11.8 Å². The number of nitrogens with one attached hydrogen (secondary N) is 1.